The average molecular weight is 285 g/mol. The van der Waals surface area contributed by atoms with Gasteiger partial charge in [0.25, 0.3) is 5.91 Å². The fourth-order valence-electron chi connectivity index (χ4n) is 2.04. The molecule has 0 unspecified atom stereocenters. The number of hydrogen-bond acceptors (Lipinski definition) is 3. The van der Waals surface area contributed by atoms with Gasteiger partial charge in [-0.05, 0) is 30.2 Å². The number of methoxy groups -OCH3 is 1. The summed E-state index contributed by atoms with van der Waals surface area (Å²) in [5.74, 6) is 0.399. The van der Waals surface area contributed by atoms with Gasteiger partial charge >= 0.3 is 0 Å². The zero-order valence-electron chi connectivity index (χ0n) is 12.2. The fourth-order valence-corrected chi connectivity index (χ4v) is 2.04. The second kappa shape index (κ2) is 6.90. The lowest BCUT2D eigenvalue weighted by atomic mass is 10.1. The molecule has 0 aliphatic rings. The van der Waals surface area contributed by atoms with Gasteiger partial charge in [0.2, 0.25) is 0 Å². The van der Waals surface area contributed by atoms with E-state index in [0.29, 0.717) is 17.9 Å². The summed E-state index contributed by atoms with van der Waals surface area (Å²) < 4.78 is 5.22. The van der Waals surface area contributed by atoms with Gasteiger partial charge in [-0.15, -0.1) is 0 Å². The summed E-state index contributed by atoms with van der Waals surface area (Å²) >= 11 is 0. The van der Waals surface area contributed by atoms with Crippen molar-refractivity contribution in [3.05, 3.63) is 64.7 Å². The van der Waals surface area contributed by atoms with E-state index in [1.54, 1.807) is 13.2 Å². The Morgan fingerprint density at radius 1 is 1.14 bits per heavy atom. The normalized spacial score (nSPS) is 10.2. The standard InChI is InChI=1S/C17H19NO3/c1-12-3-8-16(21-2)15(9-12)17(20)18-10-13-4-6-14(11-19)7-5-13/h3-9,19H,10-11H2,1-2H3,(H,18,20). The van der Waals surface area contributed by atoms with Gasteiger partial charge in [-0.2, -0.15) is 0 Å². The first-order chi connectivity index (χ1) is 10.1. The van der Waals surface area contributed by atoms with Crippen LogP contribution in [0.1, 0.15) is 27.0 Å². The van der Waals surface area contributed by atoms with Crippen molar-refractivity contribution in [1.29, 1.82) is 0 Å². The lowest BCUT2D eigenvalue weighted by molar-refractivity contribution is 0.0947. The van der Waals surface area contributed by atoms with Gasteiger partial charge in [-0.3, -0.25) is 4.79 Å². The number of ether oxygens (including phenoxy) is 1. The van der Waals surface area contributed by atoms with Crippen LogP contribution in [0.25, 0.3) is 0 Å². The first kappa shape index (κ1) is 15.1. The van der Waals surface area contributed by atoms with E-state index >= 15 is 0 Å². The van der Waals surface area contributed by atoms with Crippen LogP contribution in [-0.2, 0) is 13.2 Å². The molecule has 0 radical (unpaired) electrons. The molecule has 0 saturated carbocycles. The second-order valence-corrected chi connectivity index (χ2v) is 4.86. The molecule has 2 aromatic rings. The third-order valence-electron chi connectivity index (χ3n) is 3.26. The third-order valence-corrected chi connectivity index (χ3v) is 3.26. The molecule has 0 aliphatic carbocycles. The Hall–Kier alpha value is -2.33. The summed E-state index contributed by atoms with van der Waals surface area (Å²) in [6, 6.07) is 13.0. The number of aliphatic hydroxyl groups is 1. The highest BCUT2D eigenvalue weighted by molar-refractivity contribution is 5.97. The molecule has 4 nitrogen and oxygen atoms in total. The van der Waals surface area contributed by atoms with Crippen LogP contribution in [0.5, 0.6) is 5.75 Å². The number of rotatable bonds is 5. The zero-order chi connectivity index (χ0) is 15.2. The summed E-state index contributed by atoms with van der Waals surface area (Å²) in [6.07, 6.45) is 0. The van der Waals surface area contributed by atoms with Crippen LogP contribution < -0.4 is 10.1 Å². The highest BCUT2D eigenvalue weighted by Crippen LogP contribution is 2.19. The van der Waals surface area contributed by atoms with E-state index < -0.39 is 0 Å². The van der Waals surface area contributed by atoms with Crippen LogP contribution in [0.4, 0.5) is 0 Å². The Morgan fingerprint density at radius 2 is 1.81 bits per heavy atom. The maximum atomic E-state index is 12.2. The van der Waals surface area contributed by atoms with Crippen molar-refractivity contribution in [1.82, 2.24) is 5.32 Å². The number of carbonyl (C=O) groups is 1. The minimum absolute atomic E-state index is 0.0210. The molecule has 4 heteroatoms. The van der Waals surface area contributed by atoms with Crippen molar-refractivity contribution in [3.8, 4) is 5.75 Å². The molecule has 0 saturated heterocycles. The van der Waals surface area contributed by atoms with E-state index in [1.807, 2.05) is 43.3 Å². The summed E-state index contributed by atoms with van der Waals surface area (Å²) in [4.78, 5) is 12.2. The molecule has 2 N–H and O–H groups in total. The molecule has 0 aliphatic heterocycles. The van der Waals surface area contributed by atoms with Crippen LogP contribution in [0.3, 0.4) is 0 Å². The maximum Gasteiger partial charge on any atom is 0.255 e. The molecule has 0 spiro atoms. The van der Waals surface area contributed by atoms with Crippen molar-refractivity contribution >= 4 is 5.91 Å². The average Bonchev–Trinajstić information content (AvgIpc) is 2.53. The molecular formula is C17H19NO3. The smallest absolute Gasteiger partial charge is 0.255 e. The molecule has 0 bridgehead atoms. The predicted molar refractivity (Wildman–Crippen MR) is 81.3 cm³/mol. The lowest BCUT2D eigenvalue weighted by Gasteiger charge is -2.10. The maximum absolute atomic E-state index is 12.2. The number of aliphatic hydroxyl groups excluding tert-OH is 1. The van der Waals surface area contributed by atoms with Gasteiger partial charge in [-0.1, -0.05) is 35.9 Å². The number of nitrogens with one attached hydrogen (secondary N) is 1. The summed E-state index contributed by atoms with van der Waals surface area (Å²) in [6.45, 7) is 2.39. The minimum atomic E-state index is -0.165. The van der Waals surface area contributed by atoms with Crippen LogP contribution in [0.15, 0.2) is 42.5 Å². The number of amides is 1. The van der Waals surface area contributed by atoms with Gasteiger partial charge in [0.15, 0.2) is 0 Å². The fraction of sp³-hybridized carbons (Fsp3) is 0.235. The van der Waals surface area contributed by atoms with E-state index in [1.165, 1.54) is 0 Å². The van der Waals surface area contributed by atoms with Gasteiger partial charge in [-0.25, -0.2) is 0 Å². The molecule has 21 heavy (non-hydrogen) atoms. The molecule has 2 rings (SSSR count). The van der Waals surface area contributed by atoms with Crippen LogP contribution in [0, 0.1) is 6.92 Å². The minimum Gasteiger partial charge on any atom is -0.496 e. The highest BCUT2D eigenvalue weighted by atomic mass is 16.5. The molecular weight excluding hydrogens is 266 g/mol. The Balaban J connectivity index is 2.05. The zero-order valence-corrected chi connectivity index (χ0v) is 12.2. The van der Waals surface area contributed by atoms with E-state index in [-0.39, 0.29) is 12.5 Å². The SMILES string of the molecule is COc1ccc(C)cc1C(=O)NCc1ccc(CO)cc1. The summed E-state index contributed by atoms with van der Waals surface area (Å²) in [7, 11) is 1.55. The first-order valence-electron chi connectivity index (χ1n) is 6.75. The number of carbonyl (C=O) groups excluding carboxylic acids is 1. The van der Waals surface area contributed by atoms with E-state index in [9.17, 15) is 4.79 Å². The molecule has 0 aromatic heterocycles. The molecule has 2 aromatic carbocycles. The van der Waals surface area contributed by atoms with E-state index in [0.717, 1.165) is 16.7 Å². The topological polar surface area (TPSA) is 58.6 Å². The van der Waals surface area contributed by atoms with Crippen LogP contribution in [-0.4, -0.2) is 18.1 Å². The predicted octanol–water partition coefficient (Wildman–Crippen LogP) is 2.43. The van der Waals surface area contributed by atoms with Crippen molar-refractivity contribution in [2.24, 2.45) is 0 Å². The van der Waals surface area contributed by atoms with Gasteiger partial charge in [0.05, 0.1) is 19.3 Å². The molecule has 0 fully saturated rings. The monoisotopic (exact) mass is 285 g/mol. The van der Waals surface area contributed by atoms with Crippen LogP contribution >= 0.6 is 0 Å². The quantitative estimate of drug-likeness (QED) is 0.887. The Kier molecular flexibility index (Phi) is 4.95. The lowest BCUT2D eigenvalue weighted by Crippen LogP contribution is -2.23. The highest BCUT2D eigenvalue weighted by Gasteiger charge is 2.12. The number of hydrogen-bond donors (Lipinski definition) is 2. The molecule has 110 valence electrons. The Morgan fingerprint density at radius 3 is 2.43 bits per heavy atom. The van der Waals surface area contributed by atoms with Crippen molar-refractivity contribution in [3.63, 3.8) is 0 Å². The first-order valence-corrected chi connectivity index (χ1v) is 6.75. The van der Waals surface area contributed by atoms with Crippen molar-refractivity contribution in [2.45, 2.75) is 20.1 Å². The Labute approximate surface area is 124 Å². The largest absolute Gasteiger partial charge is 0.496 e. The molecule has 0 atom stereocenters. The van der Waals surface area contributed by atoms with E-state index in [4.69, 9.17) is 9.84 Å². The van der Waals surface area contributed by atoms with Crippen LogP contribution in [0.2, 0.25) is 0 Å². The van der Waals surface area contributed by atoms with Crippen molar-refractivity contribution < 1.29 is 14.6 Å². The number of aryl methyl sites for hydroxylation is 1. The molecule has 1 amide bonds. The van der Waals surface area contributed by atoms with Crippen molar-refractivity contribution in [2.75, 3.05) is 7.11 Å². The van der Waals surface area contributed by atoms with Gasteiger partial charge < -0.3 is 15.2 Å². The van der Waals surface area contributed by atoms with Gasteiger partial charge in [0.1, 0.15) is 5.75 Å². The third kappa shape index (κ3) is 3.83. The summed E-state index contributed by atoms with van der Waals surface area (Å²) in [5, 5.41) is 11.9. The second-order valence-electron chi connectivity index (χ2n) is 4.86. The molecule has 0 heterocycles. The van der Waals surface area contributed by atoms with E-state index in [2.05, 4.69) is 5.32 Å². The number of benzene rings is 2. The Bertz CT molecular complexity index is 620. The van der Waals surface area contributed by atoms with Gasteiger partial charge in [0, 0.05) is 6.54 Å². The summed E-state index contributed by atoms with van der Waals surface area (Å²) in [5.41, 5.74) is 3.37.